The van der Waals surface area contributed by atoms with E-state index in [1.807, 2.05) is 20.8 Å². The van der Waals surface area contributed by atoms with Gasteiger partial charge in [0.1, 0.15) is 13.2 Å². The van der Waals surface area contributed by atoms with Crippen molar-refractivity contribution in [1.29, 1.82) is 0 Å². The van der Waals surface area contributed by atoms with Crippen molar-refractivity contribution in [3.63, 3.8) is 0 Å². The first kappa shape index (κ1) is 17.1. The molecule has 1 aliphatic heterocycles. The molecule has 6 nitrogen and oxygen atoms in total. The molecule has 0 saturated heterocycles. The van der Waals surface area contributed by atoms with Gasteiger partial charge in [-0.3, -0.25) is 0 Å². The number of fused-ring (bicyclic) bond motifs is 1. The van der Waals surface area contributed by atoms with Crippen molar-refractivity contribution in [2.24, 2.45) is 11.7 Å². The summed E-state index contributed by atoms with van der Waals surface area (Å²) in [5.74, 6) is 1.35. The Labute approximate surface area is 132 Å². The zero-order valence-electron chi connectivity index (χ0n) is 13.3. The maximum Gasteiger partial charge on any atom is 0.241 e. The summed E-state index contributed by atoms with van der Waals surface area (Å²) in [6.45, 7) is 7.00. The highest BCUT2D eigenvalue weighted by molar-refractivity contribution is 7.89. The minimum atomic E-state index is -3.67. The van der Waals surface area contributed by atoms with Gasteiger partial charge in [-0.25, -0.2) is 13.1 Å². The van der Waals surface area contributed by atoms with E-state index in [1.165, 1.54) is 12.1 Å². The van der Waals surface area contributed by atoms with E-state index in [2.05, 4.69) is 4.72 Å². The van der Waals surface area contributed by atoms with Crippen LogP contribution in [0.15, 0.2) is 23.1 Å². The van der Waals surface area contributed by atoms with Gasteiger partial charge >= 0.3 is 0 Å². The van der Waals surface area contributed by atoms with Crippen LogP contribution in [0.1, 0.15) is 27.2 Å². The van der Waals surface area contributed by atoms with Crippen molar-refractivity contribution in [1.82, 2.24) is 4.72 Å². The molecule has 3 N–H and O–H groups in total. The molecule has 0 aliphatic carbocycles. The van der Waals surface area contributed by atoms with Gasteiger partial charge in [0.2, 0.25) is 10.0 Å². The summed E-state index contributed by atoms with van der Waals surface area (Å²) in [5, 5.41) is 0. The van der Waals surface area contributed by atoms with Crippen LogP contribution in [0.5, 0.6) is 11.5 Å². The number of hydrogen-bond acceptors (Lipinski definition) is 5. The molecule has 1 aromatic carbocycles. The molecule has 124 valence electrons. The first-order chi connectivity index (χ1) is 10.3. The van der Waals surface area contributed by atoms with Gasteiger partial charge in [-0.15, -0.1) is 0 Å². The highest BCUT2D eigenvalue weighted by atomic mass is 32.2. The molecular formula is C15H24N2O4S. The van der Waals surface area contributed by atoms with Gasteiger partial charge in [-0.2, -0.15) is 0 Å². The van der Waals surface area contributed by atoms with Crippen LogP contribution in [0.25, 0.3) is 0 Å². The maximum absolute atomic E-state index is 12.6. The van der Waals surface area contributed by atoms with Crippen molar-refractivity contribution in [3.8, 4) is 11.5 Å². The number of hydrogen-bond donors (Lipinski definition) is 2. The molecule has 0 amide bonds. The summed E-state index contributed by atoms with van der Waals surface area (Å²) in [6, 6.07) is 4.62. The Bertz CT molecular complexity index is 630. The Hall–Kier alpha value is -1.31. The average Bonchev–Trinajstić information content (AvgIpc) is 2.45. The molecule has 7 heteroatoms. The molecule has 0 saturated carbocycles. The Morgan fingerprint density at radius 3 is 2.50 bits per heavy atom. The molecule has 0 aromatic heterocycles. The molecule has 1 heterocycles. The van der Waals surface area contributed by atoms with E-state index in [-0.39, 0.29) is 11.4 Å². The smallest absolute Gasteiger partial charge is 0.241 e. The summed E-state index contributed by atoms with van der Waals surface area (Å²) < 4.78 is 38.8. The molecule has 0 bridgehead atoms. The monoisotopic (exact) mass is 328 g/mol. The van der Waals surface area contributed by atoms with E-state index in [0.717, 1.165) is 0 Å². The van der Waals surface area contributed by atoms with Crippen LogP contribution in [0.3, 0.4) is 0 Å². The molecule has 0 spiro atoms. The number of benzene rings is 1. The Morgan fingerprint density at radius 2 is 1.91 bits per heavy atom. The quantitative estimate of drug-likeness (QED) is 0.826. The summed E-state index contributed by atoms with van der Waals surface area (Å²) in [4.78, 5) is 0.153. The van der Waals surface area contributed by atoms with E-state index < -0.39 is 15.6 Å². The van der Waals surface area contributed by atoms with Crippen LogP contribution in [0, 0.1) is 5.92 Å². The van der Waals surface area contributed by atoms with Gasteiger partial charge in [0.15, 0.2) is 11.5 Å². The molecule has 1 aromatic rings. The molecule has 0 radical (unpaired) electrons. The SMILES string of the molecule is CC(C)CC(C)(CN)NS(=O)(=O)c1ccc2c(c1)OCCO2. The van der Waals surface area contributed by atoms with E-state index in [9.17, 15) is 8.42 Å². The second kappa shape index (κ2) is 6.44. The third-order valence-corrected chi connectivity index (χ3v) is 5.15. The zero-order valence-corrected chi connectivity index (χ0v) is 14.1. The fraction of sp³-hybridized carbons (Fsp3) is 0.600. The van der Waals surface area contributed by atoms with Crippen molar-refractivity contribution in [3.05, 3.63) is 18.2 Å². The molecule has 1 aliphatic rings. The van der Waals surface area contributed by atoms with Crippen molar-refractivity contribution in [2.45, 2.75) is 37.6 Å². The lowest BCUT2D eigenvalue weighted by Gasteiger charge is -2.31. The van der Waals surface area contributed by atoms with Crippen molar-refractivity contribution >= 4 is 10.0 Å². The topological polar surface area (TPSA) is 90.7 Å². The largest absolute Gasteiger partial charge is 0.486 e. The lowest BCUT2D eigenvalue weighted by atomic mass is 9.92. The number of sulfonamides is 1. The van der Waals surface area contributed by atoms with Gasteiger partial charge < -0.3 is 15.2 Å². The van der Waals surface area contributed by atoms with Crippen LogP contribution in [-0.2, 0) is 10.0 Å². The second-order valence-electron chi connectivity index (χ2n) is 6.27. The minimum Gasteiger partial charge on any atom is -0.486 e. The third kappa shape index (κ3) is 3.91. The first-order valence-electron chi connectivity index (χ1n) is 7.39. The number of ether oxygens (including phenoxy) is 2. The van der Waals surface area contributed by atoms with Crippen molar-refractivity contribution in [2.75, 3.05) is 19.8 Å². The van der Waals surface area contributed by atoms with E-state index >= 15 is 0 Å². The highest BCUT2D eigenvalue weighted by Crippen LogP contribution is 2.32. The molecule has 1 unspecified atom stereocenters. The summed E-state index contributed by atoms with van der Waals surface area (Å²) >= 11 is 0. The highest BCUT2D eigenvalue weighted by Gasteiger charge is 2.31. The summed E-state index contributed by atoms with van der Waals surface area (Å²) in [5.41, 5.74) is 5.10. The van der Waals surface area contributed by atoms with E-state index in [1.54, 1.807) is 6.07 Å². The van der Waals surface area contributed by atoms with Crippen LogP contribution in [-0.4, -0.2) is 33.7 Å². The fourth-order valence-electron chi connectivity index (χ4n) is 2.64. The van der Waals surface area contributed by atoms with E-state index in [0.29, 0.717) is 37.1 Å². The first-order valence-corrected chi connectivity index (χ1v) is 8.88. The van der Waals surface area contributed by atoms with Crippen LogP contribution in [0.2, 0.25) is 0 Å². The average molecular weight is 328 g/mol. The normalized spacial score (nSPS) is 17.3. The van der Waals surface area contributed by atoms with Gasteiger partial charge in [0, 0.05) is 18.2 Å². The summed E-state index contributed by atoms with van der Waals surface area (Å²) in [6.07, 6.45) is 0.660. The van der Waals surface area contributed by atoms with Gasteiger partial charge in [-0.05, 0) is 31.4 Å². The van der Waals surface area contributed by atoms with Crippen LogP contribution >= 0.6 is 0 Å². The van der Waals surface area contributed by atoms with Gasteiger partial charge in [0.05, 0.1) is 4.90 Å². The number of rotatable bonds is 6. The lowest BCUT2D eigenvalue weighted by Crippen LogP contribution is -2.51. The molecule has 0 fully saturated rings. The van der Waals surface area contributed by atoms with Crippen molar-refractivity contribution < 1.29 is 17.9 Å². The molecule has 2 rings (SSSR count). The Balaban J connectivity index is 2.26. The standard InChI is InChI=1S/C15H24N2O4S/c1-11(2)9-15(3,10-16)17-22(18,19)12-4-5-13-14(8-12)21-7-6-20-13/h4-5,8,11,17H,6-7,9-10,16H2,1-3H3. The van der Waals surface area contributed by atoms with E-state index in [4.69, 9.17) is 15.2 Å². The predicted octanol–water partition coefficient (Wildman–Crippen LogP) is 1.50. The van der Waals surface area contributed by atoms with Gasteiger partial charge in [0.25, 0.3) is 0 Å². The molecule has 1 atom stereocenters. The van der Waals surface area contributed by atoms with Gasteiger partial charge in [-0.1, -0.05) is 13.8 Å². The summed E-state index contributed by atoms with van der Waals surface area (Å²) in [7, 11) is -3.67. The van der Waals surface area contributed by atoms with Crippen LogP contribution in [0.4, 0.5) is 0 Å². The molecular weight excluding hydrogens is 304 g/mol. The lowest BCUT2D eigenvalue weighted by molar-refractivity contribution is 0.171. The Kier molecular flexibility index (Phi) is 4.99. The third-order valence-electron chi connectivity index (χ3n) is 3.51. The maximum atomic E-state index is 12.6. The fourth-order valence-corrected chi connectivity index (χ4v) is 4.08. The molecule has 22 heavy (non-hydrogen) atoms. The predicted molar refractivity (Wildman–Crippen MR) is 84.7 cm³/mol. The second-order valence-corrected chi connectivity index (χ2v) is 7.96. The minimum absolute atomic E-state index is 0.153. The van der Waals surface area contributed by atoms with Crippen LogP contribution < -0.4 is 19.9 Å². The zero-order chi connectivity index (χ0) is 16.4. The Morgan fingerprint density at radius 1 is 1.27 bits per heavy atom. The number of nitrogens with two attached hydrogens (primary N) is 1. The number of nitrogens with one attached hydrogen (secondary N) is 1.